The third-order valence-corrected chi connectivity index (χ3v) is 9.38. The van der Waals surface area contributed by atoms with Gasteiger partial charge in [-0.05, 0) is 42.0 Å². The Morgan fingerprint density at radius 1 is 1.00 bits per heavy atom. The van der Waals surface area contributed by atoms with E-state index >= 15 is 0 Å². The normalized spacial score (nSPS) is 16.7. The Labute approximate surface area is 248 Å². The number of alkyl halides is 6. The summed E-state index contributed by atoms with van der Waals surface area (Å²) in [5, 5.41) is 7.05. The number of amides is 1. The van der Waals surface area contributed by atoms with E-state index in [1.807, 2.05) is 0 Å². The van der Waals surface area contributed by atoms with E-state index in [0.29, 0.717) is 17.7 Å². The van der Waals surface area contributed by atoms with Crippen LogP contribution in [-0.2, 0) is 27.5 Å². The monoisotopic (exact) mass is 662 g/mol. The fraction of sp³-hybridized carbons (Fsp3) is 0.280. The minimum Gasteiger partial charge on any atom is -0.406 e. The van der Waals surface area contributed by atoms with Crippen molar-refractivity contribution in [3.63, 3.8) is 0 Å². The highest BCUT2D eigenvalue weighted by atomic mass is 32.2. The lowest BCUT2D eigenvalue weighted by molar-refractivity contribution is -0.274. The number of benzene rings is 2. The lowest BCUT2D eigenvalue weighted by Gasteiger charge is -2.39. The van der Waals surface area contributed by atoms with Crippen LogP contribution in [-0.4, -0.2) is 65.3 Å². The molecular formula is C25H20F6N6O5S2. The zero-order valence-electron chi connectivity index (χ0n) is 22.0. The fourth-order valence-electron chi connectivity index (χ4n) is 4.37. The Bertz CT molecular complexity index is 1830. The molecule has 3 heterocycles. The summed E-state index contributed by atoms with van der Waals surface area (Å²) in [6.07, 6.45) is -8.29. The van der Waals surface area contributed by atoms with E-state index in [9.17, 15) is 44.3 Å². The molecule has 44 heavy (non-hydrogen) atoms. The largest absolute Gasteiger partial charge is 0.573 e. The van der Waals surface area contributed by atoms with Crippen LogP contribution in [0.25, 0.3) is 4.96 Å². The maximum atomic E-state index is 13.6. The summed E-state index contributed by atoms with van der Waals surface area (Å²) >= 11 is 1.02. The molecule has 0 spiro atoms. The molecule has 234 valence electrons. The van der Waals surface area contributed by atoms with E-state index in [4.69, 9.17) is 0 Å². The fourth-order valence-corrected chi connectivity index (χ4v) is 6.85. The number of aromatic nitrogens is 3. The van der Waals surface area contributed by atoms with E-state index < -0.39 is 56.3 Å². The number of piperazine rings is 1. The van der Waals surface area contributed by atoms with Gasteiger partial charge in [0.25, 0.3) is 5.56 Å². The number of ether oxygens (including phenoxy) is 1. The number of halogens is 6. The molecule has 1 saturated heterocycles. The smallest absolute Gasteiger partial charge is 0.406 e. The van der Waals surface area contributed by atoms with Gasteiger partial charge in [0.15, 0.2) is 0 Å². The van der Waals surface area contributed by atoms with Gasteiger partial charge in [-0.15, -0.1) is 18.3 Å². The second-order valence-electron chi connectivity index (χ2n) is 9.37. The van der Waals surface area contributed by atoms with Gasteiger partial charge in [-0.1, -0.05) is 23.5 Å². The highest BCUT2D eigenvalue weighted by Gasteiger charge is 2.41. The summed E-state index contributed by atoms with van der Waals surface area (Å²) < 4.78 is 109. The Balaban J connectivity index is 1.40. The quantitative estimate of drug-likeness (QED) is 0.299. The molecule has 0 bridgehead atoms. The molecule has 1 atom stereocenters. The molecule has 0 radical (unpaired) electrons. The Morgan fingerprint density at radius 2 is 1.68 bits per heavy atom. The van der Waals surface area contributed by atoms with Gasteiger partial charge in [-0.25, -0.2) is 13.4 Å². The first-order valence-electron chi connectivity index (χ1n) is 12.5. The Hall–Kier alpha value is -4.23. The molecule has 0 saturated carbocycles. The van der Waals surface area contributed by atoms with Crippen LogP contribution in [0.1, 0.15) is 11.1 Å². The molecule has 1 fully saturated rings. The van der Waals surface area contributed by atoms with Crippen molar-refractivity contribution in [3.05, 3.63) is 82.3 Å². The van der Waals surface area contributed by atoms with E-state index in [2.05, 4.69) is 20.1 Å². The molecule has 11 nitrogen and oxygen atoms in total. The van der Waals surface area contributed by atoms with Crippen LogP contribution < -0.4 is 20.5 Å². The minimum absolute atomic E-state index is 0.0128. The Kier molecular flexibility index (Phi) is 8.29. The number of hydrogen-bond acceptors (Lipinski definition) is 9. The molecule has 5 rings (SSSR count). The molecular weight excluding hydrogens is 642 g/mol. The van der Waals surface area contributed by atoms with Crippen LogP contribution >= 0.6 is 11.3 Å². The number of carbonyl (C=O) groups excluding carboxylic acids is 1. The summed E-state index contributed by atoms with van der Waals surface area (Å²) in [6.45, 7) is -0.711. The van der Waals surface area contributed by atoms with E-state index in [1.165, 1.54) is 24.4 Å². The molecule has 2 aromatic carbocycles. The van der Waals surface area contributed by atoms with Crippen molar-refractivity contribution in [1.29, 1.82) is 0 Å². The van der Waals surface area contributed by atoms with Crippen molar-refractivity contribution in [2.45, 2.75) is 30.0 Å². The number of sulfonamides is 1. The number of rotatable bonds is 7. The van der Waals surface area contributed by atoms with Gasteiger partial charge in [0, 0.05) is 38.4 Å². The van der Waals surface area contributed by atoms with Crippen molar-refractivity contribution in [2.75, 3.05) is 24.5 Å². The highest BCUT2D eigenvalue weighted by Crippen LogP contribution is 2.32. The summed E-state index contributed by atoms with van der Waals surface area (Å²) in [6, 6.07) is 7.26. The maximum absolute atomic E-state index is 13.6. The van der Waals surface area contributed by atoms with Crippen LogP contribution in [0.4, 0.5) is 31.5 Å². The zero-order chi connectivity index (χ0) is 31.9. The molecule has 1 aliphatic rings. The van der Waals surface area contributed by atoms with Crippen molar-refractivity contribution in [3.8, 4) is 5.75 Å². The van der Waals surface area contributed by atoms with Gasteiger partial charge in [-0.3, -0.25) is 9.59 Å². The maximum Gasteiger partial charge on any atom is 0.573 e. The highest BCUT2D eigenvalue weighted by molar-refractivity contribution is 7.89. The topological polar surface area (TPSA) is 126 Å². The number of anilines is 1. The van der Waals surface area contributed by atoms with Crippen LogP contribution in [0, 0.1) is 0 Å². The second-order valence-corrected chi connectivity index (χ2v) is 12.2. The molecule has 1 N–H and O–H groups in total. The molecule has 4 aromatic rings. The second kappa shape index (κ2) is 11.7. The van der Waals surface area contributed by atoms with Crippen LogP contribution in [0.5, 0.6) is 5.75 Å². The average Bonchev–Trinajstić information content (AvgIpc) is 3.41. The number of carbonyl (C=O) groups is 1. The van der Waals surface area contributed by atoms with Crippen LogP contribution in [0.2, 0.25) is 0 Å². The SMILES string of the molecule is O=C(NCc1ccc(OC(F)(F)F)cc1)[C@H]1CN(c2nn3c(=O)ccnc3s2)CCN1S(=O)(=O)c1ccc(C(F)(F)F)cc1. The molecule has 2 aromatic heterocycles. The van der Waals surface area contributed by atoms with Gasteiger partial charge in [0.1, 0.15) is 11.8 Å². The predicted octanol–water partition coefficient (Wildman–Crippen LogP) is 3.26. The summed E-state index contributed by atoms with van der Waals surface area (Å²) in [4.78, 5) is 31.0. The lowest BCUT2D eigenvalue weighted by Crippen LogP contribution is -2.60. The van der Waals surface area contributed by atoms with Crippen molar-refractivity contribution >= 4 is 37.4 Å². The van der Waals surface area contributed by atoms with Gasteiger partial charge in [0.05, 0.1) is 10.5 Å². The van der Waals surface area contributed by atoms with Crippen molar-refractivity contribution in [1.82, 2.24) is 24.2 Å². The number of nitrogens with zero attached hydrogens (tertiary/aromatic N) is 5. The molecule has 1 amide bonds. The first-order valence-corrected chi connectivity index (χ1v) is 14.8. The summed E-state index contributed by atoms with van der Waals surface area (Å²) in [5.41, 5.74) is -1.14. The number of nitrogens with one attached hydrogen (secondary N) is 1. The third kappa shape index (κ3) is 6.78. The average molecular weight is 663 g/mol. The Morgan fingerprint density at radius 3 is 2.30 bits per heavy atom. The first-order chi connectivity index (χ1) is 20.6. The zero-order valence-corrected chi connectivity index (χ0v) is 23.7. The molecule has 19 heteroatoms. The van der Waals surface area contributed by atoms with Gasteiger partial charge < -0.3 is 15.0 Å². The molecule has 0 unspecified atom stereocenters. The third-order valence-electron chi connectivity index (χ3n) is 6.48. The predicted molar refractivity (Wildman–Crippen MR) is 143 cm³/mol. The van der Waals surface area contributed by atoms with Gasteiger partial charge in [-0.2, -0.15) is 22.0 Å². The van der Waals surface area contributed by atoms with E-state index in [0.717, 1.165) is 44.4 Å². The number of fused-ring (bicyclic) bond motifs is 1. The minimum atomic E-state index is -4.89. The standard InChI is InChI=1S/C25H20F6N6O5S2/c26-24(27,28)16-3-7-18(8-4-16)44(40,41)36-12-11-35(23-34-37-20(38)9-10-32-22(37)43-23)14-19(36)21(39)33-13-15-1-5-17(6-2-15)42-25(29,30)31/h1-10,19H,11-14H2,(H,33,39)/t19-/m1/s1. The lowest BCUT2D eigenvalue weighted by atomic mass is 10.2. The van der Waals surface area contributed by atoms with Crippen molar-refractivity contribution < 1.29 is 44.3 Å². The van der Waals surface area contributed by atoms with Crippen LogP contribution in [0.3, 0.4) is 0 Å². The molecule has 0 aliphatic carbocycles. The summed E-state index contributed by atoms with van der Waals surface area (Å²) in [5.74, 6) is -1.27. The van der Waals surface area contributed by atoms with E-state index in [1.54, 1.807) is 4.90 Å². The van der Waals surface area contributed by atoms with Gasteiger partial charge in [0.2, 0.25) is 26.0 Å². The first kappa shape index (κ1) is 31.2. The molecule has 1 aliphatic heterocycles. The number of hydrogen-bond donors (Lipinski definition) is 1. The van der Waals surface area contributed by atoms with Crippen LogP contribution in [0.15, 0.2) is 70.5 Å². The van der Waals surface area contributed by atoms with Gasteiger partial charge >= 0.3 is 12.5 Å². The summed E-state index contributed by atoms with van der Waals surface area (Å²) in [7, 11) is -4.49. The van der Waals surface area contributed by atoms with Crippen molar-refractivity contribution in [2.24, 2.45) is 0 Å². The van der Waals surface area contributed by atoms with E-state index in [-0.39, 0.29) is 36.3 Å².